The Morgan fingerprint density at radius 2 is 2.00 bits per heavy atom. The second kappa shape index (κ2) is 5.41. The summed E-state index contributed by atoms with van der Waals surface area (Å²) in [6, 6.07) is 14.8. The Hall–Kier alpha value is -1.84. The van der Waals surface area contributed by atoms with Crippen molar-refractivity contribution in [3.8, 4) is 5.75 Å². The van der Waals surface area contributed by atoms with Crippen molar-refractivity contribution in [2.45, 2.75) is 31.3 Å². The molecule has 0 amide bonds. The Bertz CT molecular complexity index is 698. The molecule has 0 fully saturated rings. The molecule has 0 saturated heterocycles. The summed E-state index contributed by atoms with van der Waals surface area (Å²) in [6.07, 6.45) is 2.98. The minimum absolute atomic E-state index is 0.137. The van der Waals surface area contributed by atoms with Crippen molar-refractivity contribution in [1.29, 1.82) is 0 Å². The van der Waals surface area contributed by atoms with Gasteiger partial charge in [0.25, 0.3) is 0 Å². The molecule has 0 aromatic heterocycles. The van der Waals surface area contributed by atoms with E-state index < -0.39 is 0 Å². The average molecular weight is 295 g/mol. The summed E-state index contributed by atoms with van der Waals surface area (Å²) in [4.78, 5) is 0. The van der Waals surface area contributed by atoms with Crippen LogP contribution in [-0.2, 0) is 24.9 Å². The van der Waals surface area contributed by atoms with Crippen molar-refractivity contribution in [2.75, 3.05) is 13.2 Å². The zero-order valence-electron chi connectivity index (χ0n) is 12.6. The normalized spacial score (nSPS) is 22.2. The Balaban J connectivity index is 1.55. The monoisotopic (exact) mass is 295 g/mol. The third-order valence-electron chi connectivity index (χ3n) is 5.01. The van der Waals surface area contributed by atoms with E-state index >= 15 is 0 Å². The predicted octanol–water partition coefficient (Wildman–Crippen LogP) is 2.55. The van der Waals surface area contributed by atoms with Gasteiger partial charge in [0.2, 0.25) is 0 Å². The minimum Gasteiger partial charge on any atom is -0.493 e. The summed E-state index contributed by atoms with van der Waals surface area (Å²) in [6.45, 7) is 1.69. The van der Waals surface area contributed by atoms with Gasteiger partial charge in [-0.15, -0.1) is 0 Å². The molecule has 3 heteroatoms. The van der Waals surface area contributed by atoms with Crippen LogP contribution in [0.1, 0.15) is 28.7 Å². The van der Waals surface area contributed by atoms with Crippen molar-refractivity contribution in [3.05, 3.63) is 64.7 Å². The molecule has 0 radical (unpaired) electrons. The van der Waals surface area contributed by atoms with Crippen molar-refractivity contribution in [1.82, 2.24) is 5.32 Å². The fourth-order valence-electron chi connectivity index (χ4n) is 3.71. The van der Waals surface area contributed by atoms with Crippen LogP contribution in [0, 0.1) is 0 Å². The van der Waals surface area contributed by atoms with E-state index in [4.69, 9.17) is 4.74 Å². The molecule has 2 aromatic rings. The lowest BCUT2D eigenvalue weighted by atomic mass is 9.92. The zero-order valence-corrected chi connectivity index (χ0v) is 12.6. The van der Waals surface area contributed by atoms with E-state index in [0.717, 1.165) is 38.2 Å². The molecule has 4 rings (SSSR count). The van der Waals surface area contributed by atoms with E-state index in [2.05, 4.69) is 47.8 Å². The third-order valence-corrected chi connectivity index (χ3v) is 5.01. The summed E-state index contributed by atoms with van der Waals surface area (Å²) in [5.41, 5.74) is 4.85. The van der Waals surface area contributed by atoms with E-state index in [9.17, 15) is 5.11 Å². The number of ether oxygens (including phenoxy) is 1. The van der Waals surface area contributed by atoms with E-state index in [1.165, 1.54) is 22.3 Å². The Kier molecular flexibility index (Phi) is 3.40. The molecule has 2 aromatic carbocycles. The van der Waals surface area contributed by atoms with Gasteiger partial charge in [-0.2, -0.15) is 0 Å². The van der Waals surface area contributed by atoms with Gasteiger partial charge in [0, 0.05) is 13.0 Å². The van der Waals surface area contributed by atoms with Crippen LogP contribution in [0.25, 0.3) is 0 Å². The lowest BCUT2D eigenvalue weighted by Crippen LogP contribution is -2.43. The van der Waals surface area contributed by atoms with Gasteiger partial charge >= 0.3 is 0 Å². The van der Waals surface area contributed by atoms with Crippen LogP contribution in [0.2, 0.25) is 0 Å². The first-order valence-electron chi connectivity index (χ1n) is 8.00. The molecule has 1 aliphatic carbocycles. The second-order valence-electron chi connectivity index (χ2n) is 6.29. The highest BCUT2D eigenvalue weighted by Crippen LogP contribution is 2.37. The molecule has 3 nitrogen and oxygen atoms in total. The first-order valence-corrected chi connectivity index (χ1v) is 8.00. The summed E-state index contributed by atoms with van der Waals surface area (Å²) in [5, 5.41) is 13.6. The van der Waals surface area contributed by atoms with Gasteiger partial charge in [-0.3, -0.25) is 0 Å². The Morgan fingerprint density at radius 3 is 2.91 bits per heavy atom. The smallest absolute Gasteiger partial charge is 0.122 e. The lowest BCUT2D eigenvalue weighted by Gasteiger charge is -2.30. The molecule has 0 saturated carbocycles. The van der Waals surface area contributed by atoms with Gasteiger partial charge in [-0.1, -0.05) is 36.4 Å². The van der Waals surface area contributed by atoms with E-state index in [0.29, 0.717) is 0 Å². The highest BCUT2D eigenvalue weighted by Gasteiger charge is 2.37. The number of hydrogen-bond donors (Lipinski definition) is 2. The molecular weight excluding hydrogens is 274 g/mol. The van der Waals surface area contributed by atoms with Crippen LogP contribution in [-0.4, -0.2) is 18.3 Å². The van der Waals surface area contributed by atoms with Crippen molar-refractivity contribution in [3.63, 3.8) is 0 Å². The quantitative estimate of drug-likeness (QED) is 0.911. The lowest BCUT2D eigenvalue weighted by molar-refractivity contribution is 0.159. The van der Waals surface area contributed by atoms with Gasteiger partial charge in [0.15, 0.2) is 0 Å². The van der Waals surface area contributed by atoms with Gasteiger partial charge < -0.3 is 15.2 Å². The standard InChI is InChI=1S/C19H21NO2/c21-13-19(9-7-15-3-1-2-4-17(15)19)20-12-14-5-6-18-16(11-14)8-10-22-18/h1-6,11,20-21H,7-10,12-13H2. The molecule has 22 heavy (non-hydrogen) atoms. The maximum absolute atomic E-state index is 10.0. The molecule has 2 aliphatic rings. The van der Waals surface area contributed by atoms with Gasteiger partial charge in [0.1, 0.15) is 5.75 Å². The number of aryl methyl sites for hydroxylation is 1. The summed E-state index contributed by atoms with van der Waals surface area (Å²) in [7, 11) is 0. The summed E-state index contributed by atoms with van der Waals surface area (Å²) in [5.74, 6) is 1.02. The summed E-state index contributed by atoms with van der Waals surface area (Å²) < 4.78 is 5.56. The fourth-order valence-corrected chi connectivity index (χ4v) is 3.71. The van der Waals surface area contributed by atoms with Gasteiger partial charge in [-0.25, -0.2) is 0 Å². The van der Waals surface area contributed by atoms with E-state index in [-0.39, 0.29) is 12.1 Å². The Morgan fingerprint density at radius 1 is 1.09 bits per heavy atom. The van der Waals surface area contributed by atoms with E-state index in [1.54, 1.807) is 0 Å². The molecule has 0 spiro atoms. The SMILES string of the molecule is OCC1(NCc2ccc3c(c2)CCO3)CCc2ccccc21. The van der Waals surface area contributed by atoms with Crippen molar-refractivity contribution in [2.24, 2.45) is 0 Å². The molecule has 1 unspecified atom stereocenters. The maximum Gasteiger partial charge on any atom is 0.122 e. The molecule has 114 valence electrons. The van der Waals surface area contributed by atoms with Crippen LogP contribution in [0.3, 0.4) is 0 Å². The molecule has 1 heterocycles. The highest BCUT2D eigenvalue weighted by atomic mass is 16.5. The van der Waals surface area contributed by atoms with Crippen LogP contribution >= 0.6 is 0 Å². The van der Waals surface area contributed by atoms with Crippen LogP contribution in [0.5, 0.6) is 5.75 Å². The van der Waals surface area contributed by atoms with E-state index in [1.807, 2.05) is 0 Å². The van der Waals surface area contributed by atoms with Crippen molar-refractivity contribution < 1.29 is 9.84 Å². The minimum atomic E-state index is -0.299. The first kappa shape index (κ1) is 13.8. The topological polar surface area (TPSA) is 41.5 Å². The number of rotatable bonds is 4. The van der Waals surface area contributed by atoms with Crippen molar-refractivity contribution >= 4 is 0 Å². The maximum atomic E-state index is 10.0. The zero-order chi connectivity index (χ0) is 15.0. The largest absolute Gasteiger partial charge is 0.493 e. The summed E-state index contributed by atoms with van der Waals surface area (Å²) >= 11 is 0. The number of aliphatic hydroxyl groups excluding tert-OH is 1. The molecular formula is C19H21NO2. The second-order valence-corrected chi connectivity index (χ2v) is 6.29. The van der Waals surface area contributed by atoms with Crippen LogP contribution in [0.15, 0.2) is 42.5 Å². The number of nitrogens with one attached hydrogen (secondary N) is 1. The van der Waals surface area contributed by atoms with Crippen LogP contribution in [0.4, 0.5) is 0 Å². The molecule has 0 bridgehead atoms. The highest BCUT2D eigenvalue weighted by molar-refractivity contribution is 5.41. The molecule has 1 atom stereocenters. The number of fused-ring (bicyclic) bond motifs is 2. The number of hydrogen-bond acceptors (Lipinski definition) is 3. The molecule has 2 N–H and O–H groups in total. The predicted molar refractivity (Wildman–Crippen MR) is 86.0 cm³/mol. The van der Waals surface area contributed by atoms with Gasteiger partial charge in [-0.05, 0) is 41.2 Å². The Labute approximate surface area is 130 Å². The molecule has 1 aliphatic heterocycles. The number of aliphatic hydroxyl groups is 1. The fraction of sp³-hybridized carbons (Fsp3) is 0.368. The van der Waals surface area contributed by atoms with Gasteiger partial charge in [0.05, 0.1) is 18.8 Å². The number of benzene rings is 2. The van der Waals surface area contributed by atoms with Crippen LogP contribution < -0.4 is 10.1 Å². The third kappa shape index (κ3) is 2.21. The first-order chi connectivity index (χ1) is 10.8. The average Bonchev–Trinajstić information content (AvgIpc) is 3.18.